The second kappa shape index (κ2) is 9.45. The van der Waals surface area contributed by atoms with Gasteiger partial charge in [-0.15, -0.1) is 0 Å². The Kier molecular flexibility index (Phi) is 6.38. The van der Waals surface area contributed by atoms with Gasteiger partial charge in [-0.05, 0) is 65.7 Å². The van der Waals surface area contributed by atoms with Crippen molar-refractivity contribution in [3.63, 3.8) is 0 Å². The molecule has 0 spiro atoms. The summed E-state index contributed by atoms with van der Waals surface area (Å²) in [6, 6.07) is 21.3. The van der Waals surface area contributed by atoms with Crippen molar-refractivity contribution in [3.8, 4) is 0 Å². The van der Waals surface area contributed by atoms with Crippen LogP contribution in [0.4, 0.5) is 10.5 Å². The van der Waals surface area contributed by atoms with Crippen molar-refractivity contribution in [3.05, 3.63) is 104 Å². The Bertz CT molecular complexity index is 1460. The van der Waals surface area contributed by atoms with E-state index in [1.54, 1.807) is 24.3 Å². The number of hydrogen-bond acceptors (Lipinski definition) is 3. The molecule has 1 aromatic heterocycles. The van der Waals surface area contributed by atoms with Gasteiger partial charge in [0.15, 0.2) is 0 Å². The van der Waals surface area contributed by atoms with E-state index in [2.05, 4.69) is 57.9 Å². The van der Waals surface area contributed by atoms with Gasteiger partial charge < -0.3 is 4.57 Å². The van der Waals surface area contributed by atoms with E-state index >= 15 is 0 Å². The van der Waals surface area contributed by atoms with Crippen LogP contribution < -0.4 is 4.90 Å². The quantitative estimate of drug-likeness (QED) is 0.237. The number of para-hydroxylation sites is 1. The molecular weight excluding hydrogens is 532 g/mol. The lowest BCUT2D eigenvalue weighted by molar-refractivity contribution is -0.113. The molecule has 0 aliphatic carbocycles. The summed E-state index contributed by atoms with van der Waals surface area (Å²) in [5.74, 6) is -0.335. The summed E-state index contributed by atoms with van der Waals surface area (Å²) in [6.07, 6.45) is 4.79. The number of carbonyl (C=O) groups is 2. The fourth-order valence-electron chi connectivity index (χ4n) is 4.22. The molecule has 1 aliphatic heterocycles. The number of imide groups is 1. The highest BCUT2D eigenvalue weighted by Gasteiger charge is 2.36. The first kappa shape index (κ1) is 23.0. The van der Waals surface area contributed by atoms with E-state index in [-0.39, 0.29) is 11.1 Å². The number of aryl methyl sites for hydroxylation is 1. The molecule has 0 saturated carbocycles. The Morgan fingerprint density at radius 1 is 1.03 bits per heavy atom. The minimum absolute atomic E-state index is 0.327. The van der Waals surface area contributed by atoms with Crippen LogP contribution in [0.1, 0.15) is 23.6 Å². The molecule has 5 rings (SSSR count). The van der Waals surface area contributed by atoms with Crippen molar-refractivity contribution < 1.29 is 9.59 Å². The van der Waals surface area contributed by atoms with Crippen LogP contribution >= 0.6 is 39.3 Å². The smallest absolute Gasteiger partial charge is 0.298 e. The van der Waals surface area contributed by atoms with Crippen molar-refractivity contribution in [1.29, 1.82) is 0 Å². The van der Waals surface area contributed by atoms with Gasteiger partial charge >= 0.3 is 0 Å². The number of anilines is 1. The van der Waals surface area contributed by atoms with Crippen LogP contribution in [0.25, 0.3) is 17.0 Å². The third-order valence-electron chi connectivity index (χ3n) is 5.81. The summed E-state index contributed by atoms with van der Waals surface area (Å²) in [5.41, 5.74) is 4.96. The lowest BCUT2D eigenvalue weighted by Gasteiger charge is -2.12. The molecule has 0 bridgehead atoms. The zero-order chi connectivity index (χ0) is 23.8. The molecule has 0 atom stereocenters. The number of amides is 2. The molecule has 1 aliphatic rings. The number of aromatic nitrogens is 1. The Morgan fingerprint density at radius 3 is 2.53 bits per heavy atom. The van der Waals surface area contributed by atoms with Crippen molar-refractivity contribution in [1.82, 2.24) is 4.57 Å². The van der Waals surface area contributed by atoms with Gasteiger partial charge in [0, 0.05) is 33.2 Å². The summed E-state index contributed by atoms with van der Waals surface area (Å²) in [7, 11) is 0. The van der Waals surface area contributed by atoms with Crippen LogP contribution in [0.3, 0.4) is 0 Å². The Hall–Kier alpha value is -2.80. The first-order valence-corrected chi connectivity index (χ1v) is 12.8. The van der Waals surface area contributed by atoms with E-state index in [1.807, 2.05) is 24.3 Å². The normalized spacial score (nSPS) is 15.1. The molecule has 2 amide bonds. The van der Waals surface area contributed by atoms with Crippen molar-refractivity contribution >= 4 is 73.1 Å². The van der Waals surface area contributed by atoms with Crippen LogP contribution in [0.15, 0.2) is 82.3 Å². The van der Waals surface area contributed by atoms with Gasteiger partial charge in [-0.1, -0.05) is 70.9 Å². The first-order chi connectivity index (χ1) is 16.4. The fraction of sp³-hybridized carbons (Fsp3) is 0.111. The number of carbonyl (C=O) groups excluding carboxylic acids is 2. The largest absolute Gasteiger partial charge is 0.342 e. The Labute approximate surface area is 215 Å². The van der Waals surface area contributed by atoms with E-state index in [1.165, 1.54) is 16.0 Å². The number of rotatable bonds is 5. The summed E-state index contributed by atoms with van der Waals surface area (Å²) >= 11 is 10.5. The standard InChI is InChI=1S/C27H20BrClN2O2S/c1-2-18-5-3-8-23-19(16-30(25(18)23)15-17-9-11-20(28)12-10-17)13-24-26(32)31(27(33)34-24)22-7-4-6-21(29)14-22/h3-14,16H,2,15H2,1H3/b24-13-. The molecule has 4 aromatic rings. The Balaban J connectivity index is 1.57. The minimum atomic E-state index is -0.335. The monoisotopic (exact) mass is 550 g/mol. The molecule has 0 unspecified atom stereocenters. The number of thioether (sulfide) groups is 1. The maximum atomic E-state index is 13.2. The molecule has 4 nitrogen and oxygen atoms in total. The molecule has 1 saturated heterocycles. The highest BCUT2D eigenvalue weighted by molar-refractivity contribution is 9.10. The van der Waals surface area contributed by atoms with Crippen molar-refractivity contribution in [2.24, 2.45) is 0 Å². The summed E-state index contributed by atoms with van der Waals surface area (Å²) in [6.45, 7) is 2.85. The predicted molar refractivity (Wildman–Crippen MR) is 144 cm³/mol. The molecule has 170 valence electrons. The number of hydrogen-bond donors (Lipinski definition) is 0. The molecule has 3 aromatic carbocycles. The topological polar surface area (TPSA) is 42.3 Å². The third kappa shape index (κ3) is 4.33. The van der Waals surface area contributed by atoms with Gasteiger partial charge in [-0.25, -0.2) is 4.90 Å². The van der Waals surface area contributed by atoms with Crippen LogP contribution in [0.5, 0.6) is 0 Å². The number of nitrogens with zero attached hydrogens (tertiary/aromatic N) is 2. The van der Waals surface area contributed by atoms with Gasteiger partial charge in [-0.2, -0.15) is 0 Å². The maximum Gasteiger partial charge on any atom is 0.298 e. The van der Waals surface area contributed by atoms with Crippen LogP contribution in [-0.2, 0) is 17.8 Å². The zero-order valence-electron chi connectivity index (χ0n) is 18.3. The van der Waals surface area contributed by atoms with E-state index in [9.17, 15) is 9.59 Å². The van der Waals surface area contributed by atoms with Gasteiger partial charge in [-0.3, -0.25) is 9.59 Å². The van der Waals surface area contributed by atoms with Gasteiger partial charge in [0.05, 0.1) is 16.1 Å². The SMILES string of the molecule is CCc1cccc2c(/C=C3\SC(=O)N(c4cccc(Cl)c4)C3=O)cn(Cc3ccc(Br)cc3)c12. The number of benzene rings is 3. The molecule has 7 heteroatoms. The zero-order valence-corrected chi connectivity index (χ0v) is 21.5. The number of halogens is 2. The summed E-state index contributed by atoms with van der Waals surface area (Å²) in [5, 5.41) is 1.21. The van der Waals surface area contributed by atoms with Crippen molar-refractivity contribution in [2.45, 2.75) is 19.9 Å². The van der Waals surface area contributed by atoms with Crippen molar-refractivity contribution in [2.75, 3.05) is 4.90 Å². The molecule has 1 fully saturated rings. The second-order valence-electron chi connectivity index (χ2n) is 8.00. The van der Waals surface area contributed by atoms with Gasteiger partial charge in [0.2, 0.25) is 0 Å². The third-order valence-corrected chi connectivity index (χ3v) is 7.44. The predicted octanol–water partition coefficient (Wildman–Crippen LogP) is 7.91. The molecular formula is C27H20BrClN2O2S. The average molecular weight is 552 g/mol. The van der Waals surface area contributed by atoms with Crippen LogP contribution in [0, 0.1) is 0 Å². The van der Waals surface area contributed by atoms with Gasteiger partial charge in [0.1, 0.15) is 0 Å². The molecule has 34 heavy (non-hydrogen) atoms. The molecule has 0 N–H and O–H groups in total. The number of fused-ring (bicyclic) bond motifs is 1. The van der Waals surface area contributed by atoms with E-state index in [0.29, 0.717) is 22.2 Å². The Morgan fingerprint density at radius 2 is 1.79 bits per heavy atom. The highest BCUT2D eigenvalue weighted by Crippen LogP contribution is 2.38. The second-order valence-corrected chi connectivity index (χ2v) is 10.3. The summed E-state index contributed by atoms with van der Waals surface area (Å²) in [4.78, 5) is 27.5. The maximum absolute atomic E-state index is 13.2. The summed E-state index contributed by atoms with van der Waals surface area (Å²) < 4.78 is 3.27. The highest BCUT2D eigenvalue weighted by atomic mass is 79.9. The van der Waals surface area contributed by atoms with Gasteiger partial charge in [0.25, 0.3) is 11.1 Å². The van der Waals surface area contributed by atoms with E-state index < -0.39 is 0 Å². The average Bonchev–Trinajstić information content (AvgIpc) is 3.31. The van der Waals surface area contributed by atoms with Crippen LogP contribution in [0.2, 0.25) is 5.02 Å². The minimum Gasteiger partial charge on any atom is -0.342 e. The van der Waals surface area contributed by atoms with E-state index in [0.717, 1.165) is 39.1 Å². The fourth-order valence-corrected chi connectivity index (χ4v) is 5.50. The van der Waals surface area contributed by atoms with E-state index in [4.69, 9.17) is 11.6 Å². The first-order valence-electron chi connectivity index (χ1n) is 10.8. The van der Waals surface area contributed by atoms with Crippen LogP contribution in [-0.4, -0.2) is 15.7 Å². The molecule has 2 heterocycles. The lowest BCUT2D eigenvalue weighted by atomic mass is 10.1. The molecule has 0 radical (unpaired) electrons. The lowest BCUT2D eigenvalue weighted by Crippen LogP contribution is -2.27.